The van der Waals surface area contributed by atoms with Gasteiger partial charge in [-0.05, 0) is 73.7 Å². The van der Waals surface area contributed by atoms with E-state index < -0.39 is 5.60 Å². The molecule has 0 atom stereocenters. The Kier molecular flexibility index (Phi) is 8.21. The van der Waals surface area contributed by atoms with Gasteiger partial charge in [-0.15, -0.1) is 0 Å². The summed E-state index contributed by atoms with van der Waals surface area (Å²) in [4.78, 5) is 14.2. The Balaban J connectivity index is 1.17. The lowest BCUT2D eigenvalue weighted by Crippen LogP contribution is -2.47. The lowest BCUT2D eigenvalue weighted by atomic mass is 9.92. The Hall–Kier alpha value is -3.16. The average molecular weight is 481 g/mol. The number of rotatable bonds is 10. The monoisotopic (exact) mass is 480 g/mol. The molecule has 0 bridgehead atoms. The van der Waals surface area contributed by atoms with Crippen LogP contribution in [0.15, 0.2) is 71.7 Å². The molecule has 0 unspecified atom stereocenters. The van der Waals surface area contributed by atoms with E-state index in [1.165, 1.54) is 17.7 Å². The molecule has 1 aromatic heterocycles. The van der Waals surface area contributed by atoms with Crippen LogP contribution in [0.5, 0.6) is 11.5 Å². The third kappa shape index (κ3) is 7.41. The van der Waals surface area contributed by atoms with E-state index in [2.05, 4.69) is 17.0 Å². The van der Waals surface area contributed by atoms with Crippen molar-refractivity contribution in [3.8, 4) is 11.5 Å². The largest absolute Gasteiger partial charge is 0.494 e. The number of ether oxygens (including phenoxy) is 2. The van der Waals surface area contributed by atoms with Gasteiger partial charge in [-0.3, -0.25) is 9.69 Å². The summed E-state index contributed by atoms with van der Waals surface area (Å²) in [6, 6.07) is 17.4. The van der Waals surface area contributed by atoms with Crippen LogP contribution < -0.4 is 15.0 Å². The van der Waals surface area contributed by atoms with Crippen LogP contribution >= 0.6 is 0 Å². The zero-order valence-corrected chi connectivity index (χ0v) is 20.2. The first kappa shape index (κ1) is 24.9. The highest BCUT2D eigenvalue weighted by atomic mass is 19.1. The van der Waals surface area contributed by atoms with Crippen LogP contribution in [-0.4, -0.2) is 46.5 Å². The quantitative estimate of drug-likeness (QED) is 0.442. The molecule has 0 radical (unpaired) electrons. The van der Waals surface area contributed by atoms with E-state index in [4.69, 9.17) is 9.47 Å². The lowest BCUT2D eigenvalue weighted by molar-refractivity contribution is -0.0537. The van der Waals surface area contributed by atoms with Crippen LogP contribution in [0.1, 0.15) is 30.4 Å². The highest BCUT2D eigenvalue weighted by Gasteiger charge is 2.33. The predicted molar refractivity (Wildman–Crippen MR) is 133 cm³/mol. The second-order valence-electron chi connectivity index (χ2n) is 9.33. The number of aromatic nitrogens is 1. The first-order valence-corrected chi connectivity index (χ1v) is 12.1. The highest BCUT2D eigenvalue weighted by Crippen LogP contribution is 2.25. The van der Waals surface area contributed by atoms with Crippen LogP contribution in [0, 0.1) is 12.7 Å². The van der Waals surface area contributed by atoms with Gasteiger partial charge in [0.15, 0.2) is 0 Å². The molecule has 6 nitrogen and oxygen atoms in total. The molecule has 186 valence electrons. The van der Waals surface area contributed by atoms with Crippen LogP contribution in [0.25, 0.3) is 0 Å². The van der Waals surface area contributed by atoms with E-state index in [1.807, 2.05) is 31.3 Å². The van der Waals surface area contributed by atoms with Crippen molar-refractivity contribution in [2.45, 2.75) is 44.9 Å². The zero-order valence-electron chi connectivity index (χ0n) is 20.2. The second-order valence-corrected chi connectivity index (χ2v) is 9.33. The Morgan fingerprint density at radius 1 is 0.943 bits per heavy atom. The fourth-order valence-corrected chi connectivity index (χ4v) is 4.22. The summed E-state index contributed by atoms with van der Waals surface area (Å²) in [5, 5.41) is 10.9. The SMILES string of the molecule is Cc1ccc(=O)n(CCCOc2ccc(CN3CCC(O)(COc4ccc(F)cc4)CC3)cc2)c1. The van der Waals surface area contributed by atoms with E-state index in [0.29, 0.717) is 31.7 Å². The van der Waals surface area contributed by atoms with Crippen molar-refractivity contribution in [1.29, 1.82) is 0 Å². The van der Waals surface area contributed by atoms with Gasteiger partial charge in [-0.1, -0.05) is 18.2 Å². The van der Waals surface area contributed by atoms with Gasteiger partial charge in [0.25, 0.3) is 5.56 Å². The van der Waals surface area contributed by atoms with Gasteiger partial charge in [-0.25, -0.2) is 4.39 Å². The number of likely N-dealkylation sites (tertiary alicyclic amines) is 1. The van der Waals surface area contributed by atoms with Gasteiger partial charge < -0.3 is 19.1 Å². The molecule has 1 fully saturated rings. The third-order valence-corrected chi connectivity index (χ3v) is 6.38. The average Bonchev–Trinajstić information content (AvgIpc) is 2.86. The number of aliphatic hydroxyl groups is 1. The molecule has 2 heterocycles. The van der Waals surface area contributed by atoms with Gasteiger partial charge in [0, 0.05) is 38.4 Å². The first-order chi connectivity index (χ1) is 16.9. The van der Waals surface area contributed by atoms with Crippen LogP contribution in [-0.2, 0) is 13.1 Å². The predicted octanol–water partition coefficient (Wildman–Crippen LogP) is 4.17. The Labute approximate surface area is 205 Å². The summed E-state index contributed by atoms with van der Waals surface area (Å²) in [6.07, 6.45) is 3.88. The lowest BCUT2D eigenvalue weighted by Gasteiger charge is -2.38. The maximum atomic E-state index is 13.0. The molecule has 0 spiro atoms. The van der Waals surface area contributed by atoms with E-state index >= 15 is 0 Å². The van der Waals surface area contributed by atoms with E-state index in [0.717, 1.165) is 37.4 Å². The molecule has 0 saturated carbocycles. The van der Waals surface area contributed by atoms with Crippen molar-refractivity contribution in [3.05, 3.63) is 94.2 Å². The van der Waals surface area contributed by atoms with Gasteiger partial charge in [0.05, 0.1) is 6.61 Å². The topological polar surface area (TPSA) is 63.9 Å². The third-order valence-electron chi connectivity index (χ3n) is 6.38. The van der Waals surface area contributed by atoms with Crippen molar-refractivity contribution in [3.63, 3.8) is 0 Å². The normalized spacial score (nSPS) is 15.6. The molecule has 1 N–H and O–H groups in total. The molecule has 1 aliphatic rings. The molecule has 0 amide bonds. The minimum Gasteiger partial charge on any atom is -0.494 e. The minimum atomic E-state index is -0.869. The number of hydrogen-bond donors (Lipinski definition) is 1. The standard InChI is InChI=1S/C28H33FN2O4/c1-22-3-12-27(32)31(19-22)15-2-18-34-25-8-4-23(5-9-25)20-30-16-13-28(33,14-17-30)21-35-26-10-6-24(29)7-11-26/h3-12,19,33H,2,13-18,20-21H2,1H3. The molecular weight excluding hydrogens is 447 g/mol. The van der Waals surface area contributed by atoms with E-state index in [1.54, 1.807) is 22.8 Å². The van der Waals surface area contributed by atoms with E-state index in [-0.39, 0.29) is 18.0 Å². The molecule has 4 rings (SSSR count). The number of halogens is 1. The molecular formula is C28H33FN2O4. The van der Waals surface area contributed by atoms with Crippen molar-refractivity contribution in [1.82, 2.24) is 9.47 Å². The summed E-state index contributed by atoms with van der Waals surface area (Å²) < 4.78 is 26.3. The van der Waals surface area contributed by atoms with E-state index in [9.17, 15) is 14.3 Å². The smallest absolute Gasteiger partial charge is 0.250 e. The summed E-state index contributed by atoms with van der Waals surface area (Å²) in [5.41, 5.74) is 1.40. The Morgan fingerprint density at radius 3 is 2.31 bits per heavy atom. The second kappa shape index (κ2) is 11.5. The fourth-order valence-electron chi connectivity index (χ4n) is 4.22. The van der Waals surface area contributed by atoms with Crippen LogP contribution in [0.2, 0.25) is 0 Å². The van der Waals surface area contributed by atoms with Crippen LogP contribution in [0.4, 0.5) is 4.39 Å². The molecule has 2 aromatic carbocycles. The van der Waals surface area contributed by atoms with Gasteiger partial charge in [-0.2, -0.15) is 0 Å². The number of hydrogen-bond acceptors (Lipinski definition) is 5. The van der Waals surface area contributed by atoms with Crippen LogP contribution in [0.3, 0.4) is 0 Å². The summed E-state index contributed by atoms with van der Waals surface area (Å²) in [5.74, 6) is 1.07. The molecule has 35 heavy (non-hydrogen) atoms. The van der Waals surface area contributed by atoms with Gasteiger partial charge in [0.1, 0.15) is 29.5 Å². The number of nitrogens with zero attached hydrogens (tertiary/aromatic N) is 2. The minimum absolute atomic E-state index is 0.0107. The Bertz CT molecular complexity index is 1140. The van der Waals surface area contributed by atoms with Crippen molar-refractivity contribution in [2.24, 2.45) is 0 Å². The fraction of sp³-hybridized carbons (Fsp3) is 0.393. The number of benzene rings is 2. The molecule has 7 heteroatoms. The van der Waals surface area contributed by atoms with Gasteiger partial charge in [0.2, 0.25) is 0 Å². The van der Waals surface area contributed by atoms with Crippen molar-refractivity contribution < 1.29 is 19.0 Å². The molecule has 3 aromatic rings. The number of piperidine rings is 1. The van der Waals surface area contributed by atoms with Crippen molar-refractivity contribution >= 4 is 0 Å². The molecule has 1 aliphatic heterocycles. The maximum Gasteiger partial charge on any atom is 0.250 e. The maximum absolute atomic E-state index is 13.0. The molecule has 0 aliphatic carbocycles. The first-order valence-electron chi connectivity index (χ1n) is 12.1. The highest BCUT2D eigenvalue weighted by molar-refractivity contribution is 5.27. The van der Waals surface area contributed by atoms with Gasteiger partial charge >= 0.3 is 0 Å². The molecule has 1 saturated heterocycles. The summed E-state index contributed by atoms with van der Waals surface area (Å²) >= 11 is 0. The summed E-state index contributed by atoms with van der Waals surface area (Å²) in [6.45, 7) is 5.73. The summed E-state index contributed by atoms with van der Waals surface area (Å²) in [7, 11) is 0. The Morgan fingerprint density at radius 2 is 1.60 bits per heavy atom. The number of pyridine rings is 1. The van der Waals surface area contributed by atoms with Crippen molar-refractivity contribution in [2.75, 3.05) is 26.3 Å². The zero-order chi connectivity index (χ0) is 24.7. The number of aryl methyl sites for hydroxylation is 2.